The molecule has 0 atom stereocenters. The topological polar surface area (TPSA) is 12.0 Å². The van der Waals surface area contributed by atoms with E-state index < -0.39 is 0 Å². The van der Waals surface area contributed by atoms with Gasteiger partial charge in [0.15, 0.2) is 0 Å². The highest BCUT2D eigenvalue weighted by Crippen LogP contribution is 2.31. The largest absolute Gasteiger partial charge is 0.356 e. The highest BCUT2D eigenvalue weighted by atomic mass is 14.9. The number of nitrogens with one attached hydrogen (secondary N) is 1. The van der Waals surface area contributed by atoms with Crippen LogP contribution in [0, 0.1) is 0 Å². The van der Waals surface area contributed by atoms with Crippen molar-refractivity contribution in [2.24, 2.45) is 0 Å². The molecule has 0 saturated heterocycles. The zero-order valence-electron chi connectivity index (χ0n) is 18.2. The lowest BCUT2D eigenvalue weighted by Gasteiger charge is -2.11. The Kier molecular flexibility index (Phi) is 4.86. The molecule has 6 rings (SSSR count). The van der Waals surface area contributed by atoms with Gasteiger partial charge in [-0.1, -0.05) is 103 Å². The van der Waals surface area contributed by atoms with Gasteiger partial charge < -0.3 is 5.32 Å². The Balaban J connectivity index is 1.27. The summed E-state index contributed by atoms with van der Waals surface area (Å²) in [6.07, 6.45) is 0. The van der Waals surface area contributed by atoms with Crippen LogP contribution in [0.2, 0.25) is 0 Å². The number of fused-ring (bicyclic) bond motifs is 2. The third kappa shape index (κ3) is 3.86. The molecule has 0 unspecified atom stereocenters. The molecule has 0 heterocycles. The van der Waals surface area contributed by atoms with Crippen molar-refractivity contribution in [1.82, 2.24) is 0 Å². The van der Waals surface area contributed by atoms with Crippen molar-refractivity contribution in [3.05, 3.63) is 133 Å². The van der Waals surface area contributed by atoms with Crippen molar-refractivity contribution in [2.75, 3.05) is 5.32 Å². The van der Waals surface area contributed by atoms with E-state index in [1.807, 2.05) is 0 Å². The molecule has 0 bridgehead atoms. The number of benzene rings is 6. The molecule has 0 aliphatic heterocycles. The zero-order chi connectivity index (χ0) is 22.0. The Bertz CT molecular complexity index is 1570. The fourth-order valence-electron chi connectivity index (χ4n) is 4.52. The molecule has 0 aliphatic carbocycles. The van der Waals surface area contributed by atoms with Gasteiger partial charge in [-0.25, -0.2) is 0 Å². The molecule has 0 spiro atoms. The summed E-state index contributed by atoms with van der Waals surface area (Å²) in [6.45, 7) is 0. The maximum Gasteiger partial charge on any atom is 0.0390 e. The van der Waals surface area contributed by atoms with Crippen molar-refractivity contribution >= 4 is 32.9 Å². The average Bonchev–Trinajstić information content (AvgIpc) is 2.89. The van der Waals surface area contributed by atoms with E-state index in [1.54, 1.807) is 0 Å². The normalized spacial score (nSPS) is 11.0. The van der Waals surface area contributed by atoms with E-state index in [4.69, 9.17) is 0 Å². The minimum absolute atomic E-state index is 1.08. The van der Waals surface area contributed by atoms with Crippen LogP contribution in [0.25, 0.3) is 43.8 Å². The maximum atomic E-state index is 3.57. The monoisotopic (exact) mass is 421 g/mol. The molecular weight excluding hydrogens is 398 g/mol. The SMILES string of the molecule is c1cc(Nc2ccc(-c3cccc4ccccc34)cc2)cc(-c2ccc3ccccc3c2)c1. The van der Waals surface area contributed by atoms with Crippen molar-refractivity contribution in [3.8, 4) is 22.3 Å². The number of hydrogen-bond donors (Lipinski definition) is 1. The van der Waals surface area contributed by atoms with Gasteiger partial charge in [0.2, 0.25) is 0 Å². The van der Waals surface area contributed by atoms with Crippen molar-refractivity contribution < 1.29 is 0 Å². The fourth-order valence-corrected chi connectivity index (χ4v) is 4.52. The van der Waals surface area contributed by atoms with Crippen molar-refractivity contribution in [3.63, 3.8) is 0 Å². The van der Waals surface area contributed by atoms with Crippen LogP contribution in [-0.4, -0.2) is 0 Å². The van der Waals surface area contributed by atoms with E-state index in [-0.39, 0.29) is 0 Å². The summed E-state index contributed by atoms with van der Waals surface area (Å²) in [5.41, 5.74) is 7.08. The molecular formula is C32H23N. The van der Waals surface area contributed by atoms with E-state index in [9.17, 15) is 0 Å². The Labute approximate surface area is 194 Å². The van der Waals surface area contributed by atoms with E-state index in [0.29, 0.717) is 0 Å². The first kappa shape index (κ1) is 19.3. The predicted molar refractivity (Wildman–Crippen MR) is 142 cm³/mol. The van der Waals surface area contributed by atoms with Gasteiger partial charge >= 0.3 is 0 Å². The molecule has 6 aromatic carbocycles. The van der Waals surface area contributed by atoms with E-state index >= 15 is 0 Å². The minimum Gasteiger partial charge on any atom is -0.356 e. The van der Waals surface area contributed by atoms with Crippen LogP contribution in [0.4, 0.5) is 11.4 Å². The molecule has 6 aromatic rings. The maximum absolute atomic E-state index is 3.57. The van der Waals surface area contributed by atoms with E-state index in [2.05, 4.69) is 139 Å². The Morgan fingerprint density at radius 3 is 1.91 bits per heavy atom. The molecule has 33 heavy (non-hydrogen) atoms. The van der Waals surface area contributed by atoms with Crippen LogP contribution in [0.5, 0.6) is 0 Å². The molecule has 156 valence electrons. The molecule has 0 radical (unpaired) electrons. The number of anilines is 2. The van der Waals surface area contributed by atoms with E-state index in [1.165, 1.54) is 43.8 Å². The molecule has 0 aliphatic rings. The van der Waals surface area contributed by atoms with Gasteiger partial charge in [-0.05, 0) is 74.1 Å². The second kappa shape index (κ2) is 8.29. The molecule has 0 amide bonds. The second-order valence-corrected chi connectivity index (χ2v) is 8.37. The van der Waals surface area contributed by atoms with Crippen molar-refractivity contribution in [1.29, 1.82) is 0 Å². The standard InChI is InChI=1S/C32H23N/c1-2-9-26-21-28(16-15-23(26)7-1)27-11-5-12-30(22-27)33-29-19-17-25(18-20-29)32-14-6-10-24-8-3-4-13-31(24)32/h1-22,33H. The summed E-state index contributed by atoms with van der Waals surface area (Å²) in [5, 5.41) is 8.64. The van der Waals surface area contributed by atoms with Gasteiger partial charge in [-0.15, -0.1) is 0 Å². The lowest BCUT2D eigenvalue weighted by Crippen LogP contribution is -1.91. The highest BCUT2D eigenvalue weighted by molar-refractivity contribution is 5.96. The minimum atomic E-state index is 1.08. The summed E-state index contributed by atoms with van der Waals surface area (Å²) in [5.74, 6) is 0. The number of hydrogen-bond acceptors (Lipinski definition) is 1. The summed E-state index contributed by atoms with van der Waals surface area (Å²) >= 11 is 0. The van der Waals surface area contributed by atoms with Crippen LogP contribution in [0.15, 0.2) is 133 Å². The van der Waals surface area contributed by atoms with Crippen LogP contribution in [0.3, 0.4) is 0 Å². The smallest absolute Gasteiger partial charge is 0.0390 e. The third-order valence-corrected chi connectivity index (χ3v) is 6.22. The molecule has 1 N–H and O–H groups in total. The zero-order valence-corrected chi connectivity index (χ0v) is 18.2. The molecule has 0 fully saturated rings. The van der Waals surface area contributed by atoms with Crippen LogP contribution >= 0.6 is 0 Å². The third-order valence-electron chi connectivity index (χ3n) is 6.22. The molecule has 0 aromatic heterocycles. The van der Waals surface area contributed by atoms with Gasteiger partial charge in [0, 0.05) is 11.4 Å². The van der Waals surface area contributed by atoms with Crippen LogP contribution in [-0.2, 0) is 0 Å². The lowest BCUT2D eigenvalue weighted by atomic mass is 9.98. The predicted octanol–water partition coefficient (Wildman–Crippen LogP) is 9.07. The van der Waals surface area contributed by atoms with Gasteiger partial charge in [0.1, 0.15) is 0 Å². The first-order valence-electron chi connectivity index (χ1n) is 11.3. The quantitative estimate of drug-likeness (QED) is 0.299. The lowest BCUT2D eigenvalue weighted by molar-refractivity contribution is 1.54. The van der Waals surface area contributed by atoms with Crippen LogP contribution < -0.4 is 5.32 Å². The van der Waals surface area contributed by atoms with Gasteiger partial charge in [-0.3, -0.25) is 0 Å². The molecule has 1 heteroatoms. The van der Waals surface area contributed by atoms with Crippen LogP contribution in [0.1, 0.15) is 0 Å². The first-order valence-corrected chi connectivity index (χ1v) is 11.3. The number of rotatable bonds is 4. The Hall–Kier alpha value is -4.36. The molecule has 1 nitrogen and oxygen atoms in total. The van der Waals surface area contributed by atoms with Gasteiger partial charge in [0.05, 0.1) is 0 Å². The summed E-state index contributed by atoms with van der Waals surface area (Å²) in [6, 6.07) is 47.4. The summed E-state index contributed by atoms with van der Waals surface area (Å²) in [4.78, 5) is 0. The Morgan fingerprint density at radius 2 is 1.03 bits per heavy atom. The average molecular weight is 422 g/mol. The second-order valence-electron chi connectivity index (χ2n) is 8.37. The van der Waals surface area contributed by atoms with Gasteiger partial charge in [-0.2, -0.15) is 0 Å². The summed E-state index contributed by atoms with van der Waals surface area (Å²) < 4.78 is 0. The Morgan fingerprint density at radius 1 is 0.364 bits per heavy atom. The molecule has 0 saturated carbocycles. The fraction of sp³-hybridized carbons (Fsp3) is 0. The van der Waals surface area contributed by atoms with E-state index in [0.717, 1.165) is 11.4 Å². The highest BCUT2D eigenvalue weighted by Gasteiger charge is 2.05. The van der Waals surface area contributed by atoms with Gasteiger partial charge in [0.25, 0.3) is 0 Å². The first-order chi connectivity index (χ1) is 16.3. The van der Waals surface area contributed by atoms with Crippen molar-refractivity contribution in [2.45, 2.75) is 0 Å². The summed E-state index contributed by atoms with van der Waals surface area (Å²) in [7, 11) is 0.